The van der Waals surface area contributed by atoms with Gasteiger partial charge in [-0.15, -0.1) is 11.6 Å². The van der Waals surface area contributed by atoms with Crippen molar-refractivity contribution in [3.8, 4) is 0 Å². The third kappa shape index (κ3) is 2.81. The van der Waals surface area contributed by atoms with Crippen molar-refractivity contribution >= 4 is 27.5 Å². The molecule has 2 rings (SSSR count). The molecule has 2 heteroatoms. The van der Waals surface area contributed by atoms with E-state index in [-0.39, 0.29) is 5.38 Å². The summed E-state index contributed by atoms with van der Waals surface area (Å²) >= 11 is 10.0. The molecule has 16 heavy (non-hydrogen) atoms. The lowest BCUT2D eigenvalue weighted by Crippen LogP contribution is -2.26. The summed E-state index contributed by atoms with van der Waals surface area (Å²) in [6.07, 6.45) is 6.26. The van der Waals surface area contributed by atoms with E-state index in [4.69, 9.17) is 11.6 Å². The minimum atomic E-state index is 0.274. The van der Waals surface area contributed by atoms with Crippen LogP contribution in [-0.2, 0) is 6.42 Å². The molecule has 0 N–H and O–H groups in total. The van der Waals surface area contributed by atoms with Crippen molar-refractivity contribution in [1.29, 1.82) is 0 Å². The fourth-order valence-electron chi connectivity index (χ4n) is 2.57. The predicted octanol–water partition coefficient (Wildman–Crippen LogP) is 5.18. The van der Waals surface area contributed by atoms with Gasteiger partial charge in [0.15, 0.2) is 0 Å². The quantitative estimate of drug-likeness (QED) is 0.675. The molecule has 1 fully saturated rings. The first kappa shape index (κ1) is 12.4. The fourth-order valence-corrected chi connectivity index (χ4v) is 3.23. The van der Waals surface area contributed by atoms with Gasteiger partial charge in [-0.3, -0.25) is 0 Å². The molecular formula is C14H18BrCl. The normalized spacial score (nSPS) is 20.9. The first-order valence-electron chi connectivity index (χ1n) is 5.99. The lowest BCUT2D eigenvalue weighted by Gasteiger charge is -2.29. The molecular weight excluding hydrogens is 284 g/mol. The highest BCUT2D eigenvalue weighted by Crippen LogP contribution is 2.43. The number of halogens is 2. The average Bonchev–Trinajstić information content (AvgIpc) is 2.70. The van der Waals surface area contributed by atoms with Crippen LogP contribution in [-0.4, -0.2) is 5.38 Å². The Bertz CT molecular complexity index is 338. The molecule has 0 aliphatic heterocycles. The van der Waals surface area contributed by atoms with Crippen molar-refractivity contribution in [3.63, 3.8) is 0 Å². The Morgan fingerprint density at radius 2 is 1.81 bits per heavy atom. The van der Waals surface area contributed by atoms with Gasteiger partial charge < -0.3 is 0 Å². The van der Waals surface area contributed by atoms with E-state index in [1.807, 2.05) is 0 Å². The summed E-state index contributed by atoms with van der Waals surface area (Å²) < 4.78 is 1.13. The SMILES string of the molecule is CC1(C(Cl)Cc2ccc(Br)cc2)CCCC1. The molecule has 88 valence electrons. The van der Waals surface area contributed by atoms with Gasteiger partial charge in [-0.2, -0.15) is 0 Å². The van der Waals surface area contributed by atoms with E-state index in [9.17, 15) is 0 Å². The van der Waals surface area contributed by atoms with Crippen molar-refractivity contribution in [2.24, 2.45) is 5.41 Å². The molecule has 1 aromatic carbocycles. The number of hydrogen-bond acceptors (Lipinski definition) is 0. The van der Waals surface area contributed by atoms with Gasteiger partial charge in [0.05, 0.1) is 0 Å². The number of rotatable bonds is 3. The zero-order valence-corrected chi connectivity index (χ0v) is 12.0. The standard InChI is InChI=1S/C14H18BrCl/c1-14(8-2-3-9-14)13(16)10-11-4-6-12(15)7-5-11/h4-7,13H,2-3,8-10H2,1H3. The van der Waals surface area contributed by atoms with Crippen molar-refractivity contribution in [2.75, 3.05) is 0 Å². The van der Waals surface area contributed by atoms with E-state index < -0.39 is 0 Å². The van der Waals surface area contributed by atoms with Gasteiger partial charge >= 0.3 is 0 Å². The van der Waals surface area contributed by atoms with Gasteiger partial charge in [0, 0.05) is 9.85 Å². The molecule has 1 unspecified atom stereocenters. The maximum atomic E-state index is 6.59. The van der Waals surface area contributed by atoms with E-state index in [1.165, 1.54) is 31.2 Å². The summed E-state index contributed by atoms with van der Waals surface area (Å²) in [4.78, 5) is 0. The second-order valence-electron chi connectivity index (χ2n) is 5.16. The van der Waals surface area contributed by atoms with Gasteiger partial charge in [-0.1, -0.05) is 47.8 Å². The number of benzene rings is 1. The lowest BCUT2D eigenvalue weighted by atomic mass is 9.82. The topological polar surface area (TPSA) is 0 Å². The molecule has 1 atom stereocenters. The van der Waals surface area contributed by atoms with Crippen LogP contribution in [0.1, 0.15) is 38.2 Å². The summed E-state index contributed by atoms with van der Waals surface area (Å²) in [5, 5.41) is 0.274. The summed E-state index contributed by atoms with van der Waals surface area (Å²) in [5.41, 5.74) is 1.70. The van der Waals surface area contributed by atoms with Crippen LogP contribution >= 0.6 is 27.5 Å². The molecule has 1 saturated carbocycles. The predicted molar refractivity (Wildman–Crippen MR) is 74.1 cm³/mol. The first-order chi connectivity index (χ1) is 7.60. The zero-order chi connectivity index (χ0) is 11.6. The van der Waals surface area contributed by atoms with Crippen LogP contribution in [0.5, 0.6) is 0 Å². The Labute approximate surface area is 112 Å². The molecule has 0 spiro atoms. The lowest BCUT2D eigenvalue weighted by molar-refractivity contribution is 0.316. The third-order valence-electron chi connectivity index (χ3n) is 3.83. The number of alkyl halides is 1. The maximum absolute atomic E-state index is 6.59. The van der Waals surface area contributed by atoms with Crippen molar-refractivity contribution < 1.29 is 0 Å². The average molecular weight is 302 g/mol. The van der Waals surface area contributed by atoms with Gasteiger partial charge in [-0.25, -0.2) is 0 Å². The smallest absolute Gasteiger partial charge is 0.0430 e. The van der Waals surface area contributed by atoms with Crippen LogP contribution in [0.3, 0.4) is 0 Å². The maximum Gasteiger partial charge on any atom is 0.0430 e. The van der Waals surface area contributed by atoms with Gasteiger partial charge in [0.2, 0.25) is 0 Å². The van der Waals surface area contributed by atoms with Gasteiger partial charge in [-0.05, 0) is 42.4 Å². The summed E-state index contributed by atoms with van der Waals surface area (Å²) in [7, 11) is 0. The Kier molecular flexibility index (Phi) is 3.97. The third-order valence-corrected chi connectivity index (χ3v) is 5.04. The van der Waals surface area contributed by atoms with Crippen molar-refractivity contribution in [1.82, 2.24) is 0 Å². The van der Waals surface area contributed by atoms with Crippen LogP contribution in [0.2, 0.25) is 0 Å². The molecule has 1 aromatic rings. The minimum Gasteiger partial charge on any atom is -0.122 e. The van der Waals surface area contributed by atoms with Gasteiger partial charge in [0.1, 0.15) is 0 Å². The molecule has 0 saturated heterocycles. The van der Waals surface area contributed by atoms with Crippen molar-refractivity contribution in [3.05, 3.63) is 34.3 Å². The molecule has 1 aliphatic rings. The van der Waals surface area contributed by atoms with Crippen LogP contribution < -0.4 is 0 Å². The minimum absolute atomic E-state index is 0.274. The Balaban J connectivity index is 2.01. The monoisotopic (exact) mass is 300 g/mol. The van der Waals surface area contributed by atoms with E-state index in [0.717, 1.165) is 10.9 Å². The largest absolute Gasteiger partial charge is 0.122 e. The molecule has 0 bridgehead atoms. The highest BCUT2D eigenvalue weighted by atomic mass is 79.9. The molecule has 1 aliphatic carbocycles. The second-order valence-corrected chi connectivity index (χ2v) is 6.60. The summed E-state index contributed by atoms with van der Waals surface area (Å²) in [6.45, 7) is 2.34. The Morgan fingerprint density at radius 1 is 1.25 bits per heavy atom. The van der Waals surface area contributed by atoms with E-state index >= 15 is 0 Å². The first-order valence-corrected chi connectivity index (χ1v) is 7.22. The zero-order valence-electron chi connectivity index (χ0n) is 9.68. The summed E-state index contributed by atoms with van der Waals surface area (Å²) in [6, 6.07) is 8.52. The van der Waals surface area contributed by atoms with E-state index in [2.05, 4.69) is 47.1 Å². The summed E-state index contributed by atoms with van der Waals surface area (Å²) in [5.74, 6) is 0. The number of hydrogen-bond donors (Lipinski definition) is 0. The van der Waals surface area contributed by atoms with E-state index in [0.29, 0.717) is 5.41 Å². The van der Waals surface area contributed by atoms with Gasteiger partial charge in [0.25, 0.3) is 0 Å². The molecule has 0 heterocycles. The van der Waals surface area contributed by atoms with Crippen LogP contribution in [0, 0.1) is 5.41 Å². The van der Waals surface area contributed by atoms with Crippen molar-refractivity contribution in [2.45, 2.75) is 44.4 Å². The molecule has 0 amide bonds. The highest BCUT2D eigenvalue weighted by Gasteiger charge is 2.35. The van der Waals surface area contributed by atoms with E-state index in [1.54, 1.807) is 0 Å². The highest BCUT2D eigenvalue weighted by molar-refractivity contribution is 9.10. The fraction of sp³-hybridized carbons (Fsp3) is 0.571. The van der Waals surface area contributed by atoms with Crippen LogP contribution in [0.15, 0.2) is 28.7 Å². The Morgan fingerprint density at radius 3 is 2.38 bits per heavy atom. The Hall–Kier alpha value is -0.0100. The molecule has 0 nitrogen and oxygen atoms in total. The van der Waals surface area contributed by atoms with Crippen LogP contribution in [0.4, 0.5) is 0 Å². The van der Waals surface area contributed by atoms with Crippen LogP contribution in [0.25, 0.3) is 0 Å². The molecule has 0 radical (unpaired) electrons. The second kappa shape index (κ2) is 5.10. The molecule has 0 aromatic heterocycles.